The fourth-order valence-corrected chi connectivity index (χ4v) is 2.33. The Kier molecular flexibility index (Phi) is 4.96. The summed E-state index contributed by atoms with van der Waals surface area (Å²) in [6.07, 6.45) is 3.87. The molecule has 0 aliphatic carbocycles. The molecule has 1 aromatic carbocycles. The van der Waals surface area contributed by atoms with E-state index in [1.54, 1.807) is 6.20 Å². The Balaban J connectivity index is 2.41. The second kappa shape index (κ2) is 6.71. The Morgan fingerprint density at radius 1 is 1.25 bits per heavy atom. The average Bonchev–Trinajstić information content (AvgIpc) is 2.44. The Hall–Kier alpha value is -1.61. The number of hydrogen-bond donors (Lipinski definition) is 1. The van der Waals surface area contributed by atoms with Gasteiger partial charge in [-0.1, -0.05) is 39.3 Å². The molecule has 20 heavy (non-hydrogen) atoms. The zero-order valence-electron chi connectivity index (χ0n) is 12.6. The molecule has 1 heterocycles. The highest BCUT2D eigenvalue weighted by atomic mass is 16.5. The molecule has 0 aliphatic rings. The van der Waals surface area contributed by atoms with E-state index in [1.165, 1.54) is 0 Å². The zero-order valence-corrected chi connectivity index (χ0v) is 12.6. The highest BCUT2D eigenvalue weighted by Crippen LogP contribution is 2.31. The molecule has 0 aliphatic heterocycles. The maximum atomic E-state index is 6.28. The SMILES string of the molecule is CCCC(N)c1ccc(OCC(C)C)c2ncccc12. The predicted octanol–water partition coefficient (Wildman–Crippen LogP) is 4.07. The first-order chi connectivity index (χ1) is 9.63. The van der Waals surface area contributed by atoms with Crippen LogP contribution >= 0.6 is 0 Å². The topological polar surface area (TPSA) is 48.1 Å². The third-order valence-electron chi connectivity index (χ3n) is 3.34. The third kappa shape index (κ3) is 3.28. The van der Waals surface area contributed by atoms with E-state index in [9.17, 15) is 0 Å². The summed E-state index contributed by atoms with van der Waals surface area (Å²) in [6.45, 7) is 7.13. The van der Waals surface area contributed by atoms with Gasteiger partial charge in [-0.25, -0.2) is 0 Å². The van der Waals surface area contributed by atoms with Gasteiger partial charge in [-0.05, 0) is 30.0 Å². The monoisotopic (exact) mass is 272 g/mol. The van der Waals surface area contributed by atoms with Crippen molar-refractivity contribution in [3.63, 3.8) is 0 Å². The molecule has 1 atom stereocenters. The number of ether oxygens (including phenoxy) is 1. The standard InChI is InChI=1S/C17H24N2O/c1-4-6-15(18)13-8-9-16(20-11-12(2)3)17-14(13)7-5-10-19-17/h5,7-10,12,15H,4,6,11,18H2,1-3H3. The summed E-state index contributed by atoms with van der Waals surface area (Å²) in [5, 5.41) is 1.11. The summed E-state index contributed by atoms with van der Waals surface area (Å²) >= 11 is 0. The van der Waals surface area contributed by atoms with Crippen LogP contribution in [0.5, 0.6) is 5.75 Å². The second-order valence-electron chi connectivity index (χ2n) is 5.65. The van der Waals surface area contributed by atoms with Crippen molar-refractivity contribution in [2.45, 2.75) is 39.7 Å². The number of nitrogens with zero attached hydrogens (tertiary/aromatic N) is 1. The van der Waals surface area contributed by atoms with Crippen molar-refractivity contribution in [2.75, 3.05) is 6.61 Å². The molecule has 0 spiro atoms. The van der Waals surface area contributed by atoms with Crippen molar-refractivity contribution < 1.29 is 4.74 Å². The molecule has 1 aromatic heterocycles. The highest BCUT2D eigenvalue weighted by molar-refractivity contribution is 5.87. The fraction of sp³-hybridized carbons (Fsp3) is 0.471. The lowest BCUT2D eigenvalue weighted by atomic mass is 9.98. The van der Waals surface area contributed by atoms with E-state index in [-0.39, 0.29) is 6.04 Å². The van der Waals surface area contributed by atoms with Crippen molar-refractivity contribution >= 4 is 10.9 Å². The largest absolute Gasteiger partial charge is 0.491 e. The van der Waals surface area contributed by atoms with E-state index >= 15 is 0 Å². The van der Waals surface area contributed by atoms with Gasteiger partial charge in [-0.2, -0.15) is 0 Å². The van der Waals surface area contributed by atoms with Crippen LogP contribution < -0.4 is 10.5 Å². The highest BCUT2D eigenvalue weighted by Gasteiger charge is 2.13. The van der Waals surface area contributed by atoms with Crippen molar-refractivity contribution in [1.29, 1.82) is 0 Å². The van der Waals surface area contributed by atoms with Crippen LogP contribution in [0.2, 0.25) is 0 Å². The first-order valence-corrected chi connectivity index (χ1v) is 7.39. The molecule has 2 N–H and O–H groups in total. The van der Waals surface area contributed by atoms with Crippen LogP contribution in [0.25, 0.3) is 10.9 Å². The molecule has 0 amide bonds. The van der Waals surface area contributed by atoms with Crippen LogP contribution in [0.3, 0.4) is 0 Å². The van der Waals surface area contributed by atoms with Crippen molar-refractivity contribution in [3.8, 4) is 5.75 Å². The van der Waals surface area contributed by atoms with Gasteiger partial charge in [-0.15, -0.1) is 0 Å². The van der Waals surface area contributed by atoms with Gasteiger partial charge in [-0.3, -0.25) is 4.98 Å². The Morgan fingerprint density at radius 3 is 2.75 bits per heavy atom. The number of fused-ring (bicyclic) bond motifs is 1. The Bertz CT molecular complexity index is 566. The minimum atomic E-state index is 0.0610. The molecular formula is C17H24N2O. The van der Waals surface area contributed by atoms with E-state index in [1.807, 2.05) is 12.1 Å². The van der Waals surface area contributed by atoms with Gasteiger partial charge in [0.2, 0.25) is 0 Å². The van der Waals surface area contributed by atoms with Crippen molar-refractivity contribution in [1.82, 2.24) is 4.98 Å². The molecular weight excluding hydrogens is 248 g/mol. The van der Waals surface area contributed by atoms with Gasteiger partial charge in [0, 0.05) is 17.6 Å². The molecule has 0 saturated heterocycles. The van der Waals surface area contributed by atoms with Gasteiger partial charge in [0.25, 0.3) is 0 Å². The fourth-order valence-electron chi connectivity index (χ4n) is 2.33. The quantitative estimate of drug-likeness (QED) is 0.862. The number of benzene rings is 1. The third-order valence-corrected chi connectivity index (χ3v) is 3.34. The molecule has 1 unspecified atom stereocenters. The minimum Gasteiger partial charge on any atom is -0.491 e. The summed E-state index contributed by atoms with van der Waals surface area (Å²) in [4.78, 5) is 4.48. The Morgan fingerprint density at radius 2 is 2.05 bits per heavy atom. The summed E-state index contributed by atoms with van der Waals surface area (Å²) in [5.41, 5.74) is 8.35. The normalized spacial score (nSPS) is 12.8. The van der Waals surface area contributed by atoms with Crippen LogP contribution in [-0.2, 0) is 0 Å². The lowest BCUT2D eigenvalue weighted by molar-refractivity contribution is 0.273. The molecule has 108 valence electrons. The van der Waals surface area contributed by atoms with Gasteiger partial charge < -0.3 is 10.5 Å². The predicted molar refractivity (Wildman–Crippen MR) is 83.9 cm³/mol. The summed E-state index contributed by atoms with van der Waals surface area (Å²) < 4.78 is 5.87. The lowest BCUT2D eigenvalue weighted by Gasteiger charge is -2.16. The number of nitrogens with two attached hydrogens (primary N) is 1. The maximum absolute atomic E-state index is 6.28. The van der Waals surface area contributed by atoms with Gasteiger partial charge >= 0.3 is 0 Å². The first-order valence-electron chi connectivity index (χ1n) is 7.39. The smallest absolute Gasteiger partial charge is 0.145 e. The Labute approximate surface area is 121 Å². The average molecular weight is 272 g/mol. The minimum absolute atomic E-state index is 0.0610. The van der Waals surface area contributed by atoms with Crippen LogP contribution in [0, 0.1) is 5.92 Å². The molecule has 0 radical (unpaired) electrons. The molecule has 3 nitrogen and oxygen atoms in total. The molecule has 3 heteroatoms. The van der Waals surface area contributed by atoms with Crippen LogP contribution in [0.1, 0.15) is 45.2 Å². The molecule has 0 bridgehead atoms. The molecule has 0 saturated carbocycles. The first kappa shape index (κ1) is 14.8. The summed E-state index contributed by atoms with van der Waals surface area (Å²) in [5.74, 6) is 1.34. The van der Waals surface area contributed by atoms with Gasteiger partial charge in [0.1, 0.15) is 11.3 Å². The number of rotatable bonds is 6. The van der Waals surface area contributed by atoms with Crippen molar-refractivity contribution in [2.24, 2.45) is 11.7 Å². The summed E-state index contributed by atoms with van der Waals surface area (Å²) in [7, 11) is 0. The van der Waals surface area contributed by atoms with Crippen LogP contribution in [-0.4, -0.2) is 11.6 Å². The van der Waals surface area contributed by atoms with E-state index < -0.39 is 0 Å². The van der Waals surface area contributed by atoms with Crippen LogP contribution in [0.15, 0.2) is 30.5 Å². The molecule has 2 rings (SSSR count). The van der Waals surface area contributed by atoms with E-state index in [0.29, 0.717) is 12.5 Å². The van der Waals surface area contributed by atoms with Gasteiger partial charge in [0.15, 0.2) is 0 Å². The zero-order chi connectivity index (χ0) is 14.5. The maximum Gasteiger partial charge on any atom is 0.145 e. The van der Waals surface area contributed by atoms with E-state index in [4.69, 9.17) is 10.5 Å². The molecule has 0 fully saturated rings. The summed E-state index contributed by atoms with van der Waals surface area (Å²) in [6, 6.07) is 8.18. The van der Waals surface area contributed by atoms with Crippen LogP contribution in [0.4, 0.5) is 0 Å². The van der Waals surface area contributed by atoms with Gasteiger partial charge in [0.05, 0.1) is 6.61 Å². The van der Waals surface area contributed by atoms with E-state index in [2.05, 4.69) is 37.9 Å². The lowest BCUT2D eigenvalue weighted by Crippen LogP contribution is -2.11. The number of pyridine rings is 1. The molecule has 2 aromatic rings. The van der Waals surface area contributed by atoms with Crippen molar-refractivity contribution in [3.05, 3.63) is 36.0 Å². The number of aromatic nitrogens is 1. The number of hydrogen-bond acceptors (Lipinski definition) is 3. The second-order valence-corrected chi connectivity index (χ2v) is 5.65. The van der Waals surface area contributed by atoms with E-state index in [0.717, 1.165) is 35.1 Å².